The van der Waals surface area contributed by atoms with E-state index in [1.54, 1.807) is 32.2 Å². The maximum atomic E-state index is 13.1. The summed E-state index contributed by atoms with van der Waals surface area (Å²) in [6, 6.07) is 20.2. The number of carbonyl (C=O) groups is 2. The number of amides is 1. The van der Waals surface area contributed by atoms with Gasteiger partial charge in [-0.25, -0.2) is 4.79 Å². The summed E-state index contributed by atoms with van der Waals surface area (Å²) in [4.78, 5) is 25.8. The summed E-state index contributed by atoms with van der Waals surface area (Å²) in [7, 11) is 3.11. The number of nitrogens with one attached hydrogen (secondary N) is 1. The van der Waals surface area contributed by atoms with Crippen molar-refractivity contribution >= 4 is 22.8 Å². The van der Waals surface area contributed by atoms with E-state index in [0.717, 1.165) is 11.1 Å². The lowest BCUT2D eigenvalue weighted by atomic mass is 10.0. The Morgan fingerprint density at radius 1 is 0.974 bits per heavy atom. The zero-order valence-corrected chi connectivity index (χ0v) is 22.4. The number of furan rings is 1. The first-order chi connectivity index (χ1) is 19.0. The Balaban J connectivity index is 1.60. The molecule has 39 heavy (non-hydrogen) atoms. The van der Waals surface area contributed by atoms with Gasteiger partial charge in [-0.2, -0.15) is 0 Å². The molecule has 0 radical (unpaired) electrons. The van der Waals surface area contributed by atoms with Crippen molar-refractivity contribution in [2.24, 2.45) is 0 Å². The van der Waals surface area contributed by atoms with Crippen molar-refractivity contribution < 1.29 is 33.3 Å². The fraction of sp³-hybridized carbons (Fsp3) is 0.290. The van der Waals surface area contributed by atoms with E-state index in [9.17, 15) is 14.7 Å². The maximum absolute atomic E-state index is 13.1. The van der Waals surface area contributed by atoms with Crippen molar-refractivity contribution in [2.75, 3.05) is 27.4 Å². The maximum Gasteiger partial charge on any atom is 0.342 e. The van der Waals surface area contributed by atoms with Crippen LogP contribution in [0, 0.1) is 0 Å². The van der Waals surface area contributed by atoms with E-state index in [-0.39, 0.29) is 31.6 Å². The molecule has 1 heterocycles. The van der Waals surface area contributed by atoms with Gasteiger partial charge in [0.05, 0.1) is 33.5 Å². The second kappa shape index (κ2) is 13.0. The number of benzene rings is 3. The molecule has 1 atom stereocenters. The standard InChI is InChI=1S/C31H33NO7/c1-4-38-31(35)28-25-17-21(10-15-27(34)32-23(19-33)16-20-8-6-5-7-9-20)18-26(37-3)30(25)39-29(28)22-11-13-24(36-2)14-12-22/h5-9,11-14,17-18,23,33H,4,10,15-16,19H2,1-3H3,(H,32,34)/t23-/m0/s1. The van der Waals surface area contributed by atoms with Crippen LogP contribution in [-0.4, -0.2) is 50.5 Å². The second-order valence-corrected chi connectivity index (χ2v) is 9.07. The largest absolute Gasteiger partial charge is 0.497 e. The lowest BCUT2D eigenvalue weighted by Crippen LogP contribution is -2.39. The van der Waals surface area contributed by atoms with Crippen LogP contribution in [0.15, 0.2) is 71.1 Å². The van der Waals surface area contributed by atoms with E-state index < -0.39 is 5.97 Å². The first-order valence-corrected chi connectivity index (χ1v) is 12.9. The van der Waals surface area contributed by atoms with Gasteiger partial charge in [-0.15, -0.1) is 0 Å². The number of hydrogen-bond donors (Lipinski definition) is 2. The second-order valence-electron chi connectivity index (χ2n) is 9.07. The van der Waals surface area contributed by atoms with E-state index in [2.05, 4.69) is 5.32 Å². The molecule has 8 heteroatoms. The third kappa shape index (κ3) is 6.59. The monoisotopic (exact) mass is 531 g/mol. The quantitative estimate of drug-likeness (QED) is 0.249. The van der Waals surface area contributed by atoms with Crippen LogP contribution < -0.4 is 14.8 Å². The van der Waals surface area contributed by atoms with Gasteiger partial charge >= 0.3 is 5.97 Å². The van der Waals surface area contributed by atoms with Crippen molar-refractivity contribution in [1.29, 1.82) is 0 Å². The van der Waals surface area contributed by atoms with E-state index in [1.807, 2.05) is 48.5 Å². The third-order valence-electron chi connectivity index (χ3n) is 6.42. The summed E-state index contributed by atoms with van der Waals surface area (Å²) in [5.74, 6) is 0.806. The minimum Gasteiger partial charge on any atom is -0.497 e. The van der Waals surface area contributed by atoms with E-state index in [1.165, 1.54) is 7.11 Å². The fourth-order valence-electron chi connectivity index (χ4n) is 4.49. The zero-order chi connectivity index (χ0) is 27.8. The highest BCUT2D eigenvalue weighted by Crippen LogP contribution is 2.40. The molecule has 0 saturated heterocycles. The van der Waals surface area contributed by atoms with Gasteiger partial charge in [0.15, 0.2) is 11.3 Å². The molecule has 3 aromatic carbocycles. The molecule has 0 saturated carbocycles. The van der Waals surface area contributed by atoms with Crippen LogP contribution in [0.3, 0.4) is 0 Å². The number of aliphatic hydroxyl groups is 1. The molecule has 2 N–H and O–H groups in total. The minimum absolute atomic E-state index is 0.160. The predicted molar refractivity (Wildman–Crippen MR) is 148 cm³/mol. The first-order valence-electron chi connectivity index (χ1n) is 12.9. The molecule has 0 aliphatic carbocycles. The van der Waals surface area contributed by atoms with Gasteiger partial charge in [-0.1, -0.05) is 30.3 Å². The average Bonchev–Trinajstić information content (AvgIpc) is 3.35. The number of fused-ring (bicyclic) bond motifs is 1. The predicted octanol–water partition coefficient (Wildman–Crippen LogP) is 4.95. The minimum atomic E-state index is -0.509. The van der Waals surface area contributed by atoms with Crippen molar-refractivity contribution in [3.05, 3.63) is 83.4 Å². The van der Waals surface area contributed by atoms with Crippen molar-refractivity contribution in [1.82, 2.24) is 5.32 Å². The number of aryl methyl sites for hydroxylation is 1. The van der Waals surface area contributed by atoms with Crippen LogP contribution in [0.5, 0.6) is 11.5 Å². The molecule has 4 rings (SSSR count). The highest BCUT2D eigenvalue weighted by molar-refractivity contribution is 6.10. The number of rotatable bonds is 12. The third-order valence-corrected chi connectivity index (χ3v) is 6.42. The summed E-state index contributed by atoms with van der Waals surface area (Å²) in [5, 5.41) is 13.2. The normalized spacial score (nSPS) is 11.7. The van der Waals surface area contributed by atoms with Crippen molar-refractivity contribution in [3.8, 4) is 22.8 Å². The van der Waals surface area contributed by atoms with E-state index in [0.29, 0.717) is 52.2 Å². The Morgan fingerprint density at radius 2 is 1.72 bits per heavy atom. The number of carbonyl (C=O) groups excluding carboxylic acids is 2. The topological polar surface area (TPSA) is 107 Å². The van der Waals surface area contributed by atoms with Crippen molar-refractivity contribution in [3.63, 3.8) is 0 Å². The highest BCUT2D eigenvalue weighted by Gasteiger charge is 2.26. The zero-order valence-electron chi connectivity index (χ0n) is 22.4. The molecule has 1 aromatic heterocycles. The van der Waals surface area contributed by atoms with Crippen molar-refractivity contribution in [2.45, 2.75) is 32.2 Å². The van der Waals surface area contributed by atoms with Gasteiger partial charge in [0, 0.05) is 17.4 Å². The molecular formula is C31H33NO7. The fourth-order valence-corrected chi connectivity index (χ4v) is 4.49. The Labute approximate surface area is 227 Å². The smallest absolute Gasteiger partial charge is 0.342 e. The summed E-state index contributed by atoms with van der Waals surface area (Å²) in [5.41, 5.74) is 3.23. The van der Waals surface area contributed by atoms with Gasteiger partial charge in [0.25, 0.3) is 0 Å². The molecule has 0 fully saturated rings. The Kier molecular flexibility index (Phi) is 9.22. The molecule has 204 valence electrons. The molecular weight excluding hydrogens is 498 g/mol. The number of esters is 1. The number of hydrogen-bond acceptors (Lipinski definition) is 7. The molecule has 8 nitrogen and oxygen atoms in total. The average molecular weight is 532 g/mol. The number of methoxy groups -OCH3 is 2. The lowest BCUT2D eigenvalue weighted by Gasteiger charge is -2.16. The van der Waals surface area contributed by atoms with Crippen LogP contribution >= 0.6 is 0 Å². The van der Waals surface area contributed by atoms with E-state index >= 15 is 0 Å². The summed E-state index contributed by atoms with van der Waals surface area (Å²) in [6.07, 6.45) is 1.12. The lowest BCUT2D eigenvalue weighted by molar-refractivity contribution is -0.122. The van der Waals surface area contributed by atoms with Gasteiger partial charge in [0.2, 0.25) is 5.91 Å². The summed E-state index contributed by atoms with van der Waals surface area (Å²) in [6.45, 7) is 1.79. The van der Waals surface area contributed by atoms with E-state index in [4.69, 9.17) is 18.6 Å². The van der Waals surface area contributed by atoms with Crippen LogP contribution in [0.1, 0.15) is 34.8 Å². The Morgan fingerprint density at radius 3 is 2.36 bits per heavy atom. The molecule has 0 aliphatic heterocycles. The molecule has 0 bridgehead atoms. The first kappa shape index (κ1) is 27.7. The highest BCUT2D eigenvalue weighted by atomic mass is 16.5. The summed E-state index contributed by atoms with van der Waals surface area (Å²) >= 11 is 0. The van der Waals surface area contributed by atoms with Crippen LogP contribution in [0.2, 0.25) is 0 Å². The number of aliphatic hydroxyl groups excluding tert-OH is 1. The molecule has 4 aromatic rings. The SMILES string of the molecule is CCOC(=O)c1c(-c2ccc(OC)cc2)oc2c(OC)cc(CCC(=O)N[C@H](CO)Cc3ccccc3)cc12. The van der Waals surface area contributed by atoms with Gasteiger partial charge < -0.3 is 29.1 Å². The van der Waals surface area contributed by atoms with Gasteiger partial charge in [-0.05, 0) is 67.3 Å². The Bertz CT molecular complexity index is 1410. The molecule has 0 unspecified atom stereocenters. The van der Waals surface area contributed by atoms with Gasteiger partial charge in [0.1, 0.15) is 17.1 Å². The van der Waals surface area contributed by atoms with Crippen LogP contribution in [0.4, 0.5) is 0 Å². The molecule has 0 aliphatic rings. The number of ether oxygens (including phenoxy) is 3. The summed E-state index contributed by atoms with van der Waals surface area (Å²) < 4.78 is 22.4. The molecule has 1 amide bonds. The van der Waals surface area contributed by atoms with Crippen LogP contribution in [0.25, 0.3) is 22.3 Å². The van der Waals surface area contributed by atoms with Crippen LogP contribution in [-0.2, 0) is 22.4 Å². The molecule has 0 spiro atoms. The van der Waals surface area contributed by atoms with Gasteiger partial charge in [-0.3, -0.25) is 4.79 Å². The Hall–Kier alpha value is -4.30.